The van der Waals surface area contributed by atoms with Gasteiger partial charge in [-0.3, -0.25) is 10.2 Å². The van der Waals surface area contributed by atoms with E-state index in [0.29, 0.717) is 12.1 Å². The van der Waals surface area contributed by atoms with Crippen molar-refractivity contribution in [1.82, 2.24) is 0 Å². The molecule has 1 saturated heterocycles. The summed E-state index contributed by atoms with van der Waals surface area (Å²) in [5.74, 6) is 0.0600. The third-order valence-corrected chi connectivity index (χ3v) is 3.64. The minimum absolute atomic E-state index is 0.0600. The van der Waals surface area contributed by atoms with Crippen LogP contribution in [0.3, 0.4) is 0 Å². The number of Topliss-reactive ketones (excluding diaryl/α,β-unsaturated/α-hetero) is 1. The van der Waals surface area contributed by atoms with E-state index in [0.717, 1.165) is 24.9 Å². The number of aryl methyl sites for hydroxylation is 1. The molecule has 2 rings (SSSR count). The molecule has 1 fully saturated rings. The number of benzene rings is 1. The van der Waals surface area contributed by atoms with Crippen molar-refractivity contribution in [1.29, 1.82) is 0 Å². The first-order chi connectivity index (χ1) is 10.0. The van der Waals surface area contributed by atoms with Crippen LogP contribution in [0.15, 0.2) is 29.4 Å². The Morgan fingerprint density at radius 2 is 2.10 bits per heavy atom. The minimum Gasteiger partial charge on any atom is -0.369 e. The number of hydrazone groups is 1. The van der Waals surface area contributed by atoms with Gasteiger partial charge >= 0.3 is 0 Å². The van der Waals surface area contributed by atoms with E-state index in [1.54, 1.807) is 0 Å². The summed E-state index contributed by atoms with van der Waals surface area (Å²) in [7, 11) is 0. The van der Waals surface area contributed by atoms with Gasteiger partial charge in [0.1, 0.15) is 5.71 Å². The molecule has 114 valence electrons. The molecule has 4 heteroatoms. The van der Waals surface area contributed by atoms with Gasteiger partial charge in [-0.15, -0.1) is 0 Å². The van der Waals surface area contributed by atoms with Crippen molar-refractivity contribution < 1.29 is 9.53 Å². The molecule has 0 saturated carbocycles. The lowest BCUT2D eigenvalue weighted by atomic mass is 9.96. The fourth-order valence-electron chi connectivity index (χ4n) is 2.32. The van der Waals surface area contributed by atoms with Crippen LogP contribution in [0.5, 0.6) is 0 Å². The molecule has 0 bridgehead atoms. The minimum atomic E-state index is -0.380. The molecule has 0 unspecified atom stereocenters. The number of hydrogen-bond acceptors (Lipinski definition) is 4. The van der Waals surface area contributed by atoms with Gasteiger partial charge in [-0.25, -0.2) is 0 Å². The molecule has 0 aliphatic carbocycles. The summed E-state index contributed by atoms with van der Waals surface area (Å²) in [5.41, 5.74) is 5.33. The Morgan fingerprint density at radius 1 is 1.33 bits per heavy atom. The van der Waals surface area contributed by atoms with Crippen molar-refractivity contribution in [2.75, 3.05) is 12.0 Å². The number of unbranched alkanes of at least 4 members (excludes halogenated alkanes) is 1. The number of rotatable bonds is 5. The van der Waals surface area contributed by atoms with Gasteiger partial charge in [0.2, 0.25) is 0 Å². The highest BCUT2D eigenvalue weighted by Gasteiger charge is 2.31. The van der Waals surface area contributed by atoms with E-state index in [1.165, 1.54) is 5.56 Å². The second-order valence-electron chi connectivity index (χ2n) is 6.08. The molecule has 1 N–H and O–H groups in total. The van der Waals surface area contributed by atoms with E-state index >= 15 is 0 Å². The number of carbonyl (C=O) groups is 1. The Hall–Kier alpha value is -1.68. The van der Waals surface area contributed by atoms with Gasteiger partial charge in [0.25, 0.3) is 0 Å². The Bertz CT molecular complexity index is 535. The summed E-state index contributed by atoms with van der Waals surface area (Å²) in [4.78, 5) is 12.0. The average Bonchev–Trinajstić information content (AvgIpc) is 2.44. The predicted molar refractivity (Wildman–Crippen MR) is 85.8 cm³/mol. The molecule has 1 aromatic carbocycles. The molecular formula is C17H24N2O2. The lowest BCUT2D eigenvalue weighted by Gasteiger charge is -2.29. The number of carbonyl (C=O) groups excluding carboxylic acids is 1. The molecule has 0 aromatic heterocycles. The van der Waals surface area contributed by atoms with E-state index in [1.807, 2.05) is 32.0 Å². The number of para-hydroxylation sites is 1. The summed E-state index contributed by atoms with van der Waals surface area (Å²) >= 11 is 0. The van der Waals surface area contributed by atoms with Crippen molar-refractivity contribution in [3.63, 3.8) is 0 Å². The number of anilines is 1. The summed E-state index contributed by atoms with van der Waals surface area (Å²) < 4.78 is 5.64. The summed E-state index contributed by atoms with van der Waals surface area (Å²) in [6.07, 6.45) is 3.70. The lowest BCUT2D eigenvalue weighted by molar-refractivity contribution is -0.122. The van der Waals surface area contributed by atoms with Crippen LogP contribution in [-0.2, 0) is 16.0 Å². The highest BCUT2D eigenvalue weighted by molar-refractivity contribution is 6.41. The molecule has 1 aliphatic rings. The van der Waals surface area contributed by atoms with Gasteiger partial charge in [-0.2, -0.15) is 5.10 Å². The van der Waals surface area contributed by atoms with Crippen LogP contribution in [0.25, 0.3) is 0 Å². The standard InChI is InChI=1S/C17H24N2O2/c1-4-5-8-13-9-6-7-10-14(13)18-19-15-12-21-17(2,3)11-16(15)20/h6-7,9-10,18H,4-5,8,11-12H2,1-3H3. The number of ketones is 1. The molecule has 0 spiro atoms. The van der Waals surface area contributed by atoms with E-state index in [2.05, 4.69) is 23.5 Å². The Morgan fingerprint density at radius 3 is 2.81 bits per heavy atom. The first kappa shape index (κ1) is 15.7. The van der Waals surface area contributed by atoms with Crippen molar-refractivity contribution in [3.05, 3.63) is 29.8 Å². The van der Waals surface area contributed by atoms with Crippen LogP contribution >= 0.6 is 0 Å². The fraction of sp³-hybridized carbons (Fsp3) is 0.529. The third kappa shape index (κ3) is 4.39. The topological polar surface area (TPSA) is 50.7 Å². The summed E-state index contributed by atoms with van der Waals surface area (Å²) in [6, 6.07) is 8.09. The Balaban J connectivity index is 2.05. The quantitative estimate of drug-likeness (QED) is 0.843. The van der Waals surface area contributed by atoms with Crippen LogP contribution in [0, 0.1) is 0 Å². The van der Waals surface area contributed by atoms with Gasteiger partial charge in [-0.05, 0) is 38.3 Å². The first-order valence-electron chi connectivity index (χ1n) is 7.59. The maximum absolute atomic E-state index is 12.0. The maximum atomic E-state index is 12.0. The van der Waals surface area contributed by atoms with Crippen LogP contribution in [0.2, 0.25) is 0 Å². The zero-order chi connectivity index (χ0) is 15.3. The monoisotopic (exact) mass is 288 g/mol. The number of ether oxygens (including phenoxy) is 1. The smallest absolute Gasteiger partial charge is 0.184 e. The normalized spacial score (nSPS) is 19.8. The van der Waals surface area contributed by atoms with Gasteiger partial charge in [0, 0.05) is 6.42 Å². The first-order valence-corrected chi connectivity index (χ1v) is 7.59. The Kier molecular flexibility index (Phi) is 5.12. The van der Waals surface area contributed by atoms with E-state index < -0.39 is 0 Å². The molecular weight excluding hydrogens is 264 g/mol. The van der Waals surface area contributed by atoms with Crippen molar-refractivity contribution in [2.24, 2.45) is 5.10 Å². The molecule has 0 amide bonds. The molecule has 4 nitrogen and oxygen atoms in total. The molecule has 0 atom stereocenters. The van der Waals surface area contributed by atoms with Gasteiger partial charge in [0.15, 0.2) is 5.78 Å². The molecule has 1 heterocycles. The largest absolute Gasteiger partial charge is 0.369 e. The molecule has 0 radical (unpaired) electrons. The van der Waals surface area contributed by atoms with Crippen molar-refractivity contribution >= 4 is 17.2 Å². The summed E-state index contributed by atoms with van der Waals surface area (Å²) in [5, 5.41) is 4.26. The van der Waals surface area contributed by atoms with E-state index in [-0.39, 0.29) is 18.0 Å². The third-order valence-electron chi connectivity index (χ3n) is 3.64. The van der Waals surface area contributed by atoms with Crippen LogP contribution in [0.1, 0.15) is 45.6 Å². The second-order valence-corrected chi connectivity index (χ2v) is 6.08. The zero-order valence-corrected chi connectivity index (χ0v) is 13.1. The number of nitrogens with one attached hydrogen (secondary N) is 1. The van der Waals surface area contributed by atoms with E-state index in [9.17, 15) is 4.79 Å². The zero-order valence-electron chi connectivity index (χ0n) is 13.1. The Labute approximate surface area is 126 Å². The lowest BCUT2D eigenvalue weighted by Crippen LogP contribution is -2.40. The number of nitrogens with zero attached hydrogens (tertiary/aromatic N) is 1. The maximum Gasteiger partial charge on any atom is 0.184 e. The second kappa shape index (κ2) is 6.85. The van der Waals surface area contributed by atoms with Crippen LogP contribution in [-0.4, -0.2) is 23.7 Å². The SMILES string of the molecule is CCCCc1ccccc1NN=C1COC(C)(C)CC1=O. The predicted octanol–water partition coefficient (Wildman–Crippen LogP) is 3.57. The highest BCUT2D eigenvalue weighted by atomic mass is 16.5. The highest BCUT2D eigenvalue weighted by Crippen LogP contribution is 2.21. The van der Waals surface area contributed by atoms with Crippen molar-refractivity contribution in [3.8, 4) is 0 Å². The van der Waals surface area contributed by atoms with Gasteiger partial charge in [0.05, 0.1) is 17.9 Å². The van der Waals surface area contributed by atoms with Gasteiger partial charge < -0.3 is 4.74 Å². The summed E-state index contributed by atoms with van der Waals surface area (Å²) in [6.45, 7) is 6.30. The molecule has 21 heavy (non-hydrogen) atoms. The van der Waals surface area contributed by atoms with Crippen molar-refractivity contribution in [2.45, 2.75) is 52.1 Å². The molecule has 1 aliphatic heterocycles. The van der Waals surface area contributed by atoms with Crippen LogP contribution < -0.4 is 5.43 Å². The van der Waals surface area contributed by atoms with Crippen LogP contribution in [0.4, 0.5) is 5.69 Å². The van der Waals surface area contributed by atoms with Gasteiger partial charge in [-0.1, -0.05) is 31.5 Å². The molecule has 1 aromatic rings. The number of hydrogen-bond donors (Lipinski definition) is 1. The average molecular weight is 288 g/mol. The van der Waals surface area contributed by atoms with E-state index in [4.69, 9.17) is 4.74 Å². The fourth-order valence-corrected chi connectivity index (χ4v) is 2.32.